The minimum absolute atomic E-state index is 0.500. The van der Waals surface area contributed by atoms with Crippen molar-refractivity contribution in [1.82, 2.24) is 4.90 Å². The molecule has 0 aliphatic carbocycles. The fraction of sp³-hybridized carbons (Fsp3) is 0.462. The summed E-state index contributed by atoms with van der Waals surface area (Å²) in [5.41, 5.74) is 1.45. The fourth-order valence-corrected chi connectivity index (χ4v) is 1.96. The molecule has 1 radical (unpaired) electrons. The lowest BCUT2D eigenvalue weighted by Crippen LogP contribution is -2.28. The molecule has 0 aromatic heterocycles. The number of likely N-dealkylation sites (tertiary alicyclic amines) is 1. The van der Waals surface area contributed by atoms with Crippen LogP contribution >= 0.6 is 0 Å². The van der Waals surface area contributed by atoms with E-state index in [1.165, 1.54) is 37.9 Å². The van der Waals surface area contributed by atoms with E-state index in [0.717, 1.165) is 6.54 Å². The summed E-state index contributed by atoms with van der Waals surface area (Å²) in [6.45, 7) is 3.21. The highest BCUT2D eigenvalue weighted by Crippen LogP contribution is 2.12. The summed E-state index contributed by atoms with van der Waals surface area (Å²) in [4.78, 5) is 10.8. The van der Waals surface area contributed by atoms with E-state index in [4.69, 9.17) is 9.90 Å². The molecule has 1 aromatic rings. The lowest BCUT2D eigenvalue weighted by molar-refractivity contribution is -0.128. The molecule has 1 saturated heterocycles. The lowest BCUT2D eigenvalue weighted by Gasteiger charge is -2.26. The number of benzene rings is 1. The summed E-state index contributed by atoms with van der Waals surface area (Å²) in [5, 5.41) is 8.25. The molecule has 16 heavy (non-hydrogen) atoms. The molecule has 0 saturated carbocycles. The summed E-state index contributed by atoms with van der Waals surface area (Å²) in [5.74, 6) is 0. The molecule has 1 aliphatic heterocycles. The van der Waals surface area contributed by atoms with E-state index in [9.17, 15) is 0 Å². The van der Waals surface area contributed by atoms with Gasteiger partial charge in [0.2, 0.25) is 0 Å². The van der Waals surface area contributed by atoms with Crippen LogP contribution in [0, 0.1) is 0 Å². The first-order chi connectivity index (χ1) is 7.86. The number of hydrogen-bond donors (Lipinski definition) is 0. The molecule has 3 nitrogen and oxygen atoms in total. The molecule has 0 spiro atoms. The minimum atomic E-state index is -0.500. The number of carbonyl (C=O) groups is 1. The predicted octanol–water partition coefficient (Wildman–Crippen LogP) is 2.25. The topological polar surface area (TPSA) is 40.2 Å². The van der Waals surface area contributed by atoms with E-state index >= 15 is 0 Å². The van der Waals surface area contributed by atoms with Crippen LogP contribution in [0.2, 0.25) is 0 Å². The van der Waals surface area contributed by atoms with E-state index in [2.05, 4.69) is 35.2 Å². The van der Waals surface area contributed by atoms with Crippen molar-refractivity contribution in [2.75, 3.05) is 13.1 Å². The summed E-state index contributed by atoms with van der Waals surface area (Å²) in [6, 6.07) is 10.8. The molecule has 1 fully saturated rings. The van der Waals surface area contributed by atoms with Crippen LogP contribution in [0.15, 0.2) is 30.3 Å². The van der Waals surface area contributed by atoms with Gasteiger partial charge in [0.15, 0.2) is 0 Å². The van der Waals surface area contributed by atoms with Crippen molar-refractivity contribution in [3.05, 3.63) is 35.9 Å². The van der Waals surface area contributed by atoms with Crippen LogP contribution in [-0.4, -0.2) is 24.5 Å². The fourth-order valence-electron chi connectivity index (χ4n) is 1.96. The van der Waals surface area contributed by atoms with Crippen molar-refractivity contribution in [3.63, 3.8) is 0 Å². The standard InChI is InChI=1S/C12H17N.CHO2/c1-3-7-12(8-4-1)11-13-9-5-2-6-10-13;2-1-3/h1,3-4,7-8H,2,5-6,9-11H2;1H. The van der Waals surface area contributed by atoms with Crippen LogP contribution < -0.4 is 0 Å². The van der Waals surface area contributed by atoms with Crippen LogP contribution in [0.25, 0.3) is 0 Å². The van der Waals surface area contributed by atoms with Gasteiger partial charge in [0, 0.05) is 6.54 Å². The second-order valence-corrected chi connectivity index (χ2v) is 3.92. The summed E-state index contributed by atoms with van der Waals surface area (Å²) in [6.07, 6.45) is 4.19. The first-order valence-corrected chi connectivity index (χ1v) is 5.68. The number of piperidine rings is 1. The van der Waals surface area contributed by atoms with E-state index in [1.807, 2.05) is 0 Å². The van der Waals surface area contributed by atoms with Gasteiger partial charge < -0.3 is 0 Å². The molecule has 0 amide bonds. The molecule has 0 atom stereocenters. The second kappa shape index (κ2) is 7.88. The number of hydrogen-bond acceptors (Lipinski definition) is 2. The number of nitrogens with zero attached hydrogens (tertiary/aromatic N) is 1. The Morgan fingerprint density at radius 2 is 1.62 bits per heavy atom. The quantitative estimate of drug-likeness (QED) is 0.717. The van der Waals surface area contributed by atoms with Gasteiger partial charge in [0.25, 0.3) is 0 Å². The van der Waals surface area contributed by atoms with Crippen LogP contribution in [0.3, 0.4) is 0 Å². The van der Waals surface area contributed by atoms with Gasteiger partial charge in [0.1, 0.15) is 0 Å². The van der Waals surface area contributed by atoms with Crippen molar-refractivity contribution in [2.24, 2.45) is 0 Å². The van der Waals surface area contributed by atoms with E-state index < -0.39 is 6.47 Å². The van der Waals surface area contributed by atoms with E-state index in [-0.39, 0.29) is 0 Å². The van der Waals surface area contributed by atoms with Gasteiger partial charge in [-0.25, -0.2) is 0 Å². The van der Waals surface area contributed by atoms with Gasteiger partial charge in [0.05, 0.1) is 0 Å². The van der Waals surface area contributed by atoms with Crippen molar-refractivity contribution in [1.29, 1.82) is 0 Å². The molecular formula is C13H18NO2. The molecular weight excluding hydrogens is 202 g/mol. The van der Waals surface area contributed by atoms with Gasteiger partial charge in [-0.2, -0.15) is 0 Å². The summed E-state index contributed by atoms with van der Waals surface area (Å²) < 4.78 is 0. The molecule has 87 valence electrons. The highest BCUT2D eigenvalue weighted by atomic mass is 16.3. The Morgan fingerprint density at radius 3 is 2.19 bits per heavy atom. The Hall–Kier alpha value is -1.35. The van der Waals surface area contributed by atoms with Crippen LogP contribution in [0.5, 0.6) is 0 Å². The smallest absolute Gasteiger partial charge is 0.299 e. The maximum Gasteiger partial charge on any atom is 0.344 e. The van der Waals surface area contributed by atoms with Gasteiger partial charge in [-0.05, 0) is 31.5 Å². The number of carbonyl (C=O) groups excluding carboxylic acids is 1. The van der Waals surface area contributed by atoms with Crippen molar-refractivity contribution in [3.8, 4) is 0 Å². The molecule has 1 heterocycles. The molecule has 0 bridgehead atoms. The maximum absolute atomic E-state index is 8.25. The Labute approximate surface area is 96.7 Å². The zero-order valence-corrected chi connectivity index (χ0v) is 9.47. The van der Waals surface area contributed by atoms with Gasteiger partial charge in [-0.1, -0.05) is 36.8 Å². The third-order valence-electron chi connectivity index (χ3n) is 2.70. The Morgan fingerprint density at radius 1 is 1.06 bits per heavy atom. The first-order valence-electron chi connectivity index (χ1n) is 5.68. The number of rotatable bonds is 2. The van der Waals surface area contributed by atoms with Crippen molar-refractivity contribution < 1.29 is 9.90 Å². The second-order valence-electron chi connectivity index (χ2n) is 3.92. The Kier molecular flexibility index (Phi) is 6.26. The zero-order chi connectivity index (χ0) is 11.6. The van der Waals surface area contributed by atoms with Crippen LogP contribution in [0.4, 0.5) is 0 Å². The zero-order valence-electron chi connectivity index (χ0n) is 9.47. The molecule has 0 unspecified atom stereocenters. The van der Waals surface area contributed by atoms with Crippen molar-refractivity contribution >= 4 is 6.47 Å². The van der Waals surface area contributed by atoms with Crippen molar-refractivity contribution in [2.45, 2.75) is 25.8 Å². The molecule has 3 heteroatoms. The summed E-state index contributed by atoms with van der Waals surface area (Å²) in [7, 11) is 0. The predicted molar refractivity (Wildman–Crippen MR) is 62.3 cm³/mol. The maximum atomic E-state index is 8.25. The Balaban J connectivity index is 0.000000386. The van der Waals surface area contributed by atoms with Gasteiger partial charge >= 0.3 is 6.47 Å². The SMILES string of the molecule is [O]C=O.c1ccc(CN2CCCCC2)cc1. The highest BCUT2D eigenvalue weighted by molar-refractivity contribution is 5.32. The first kappa shape index (κ1) is 12.7. The normalized spacial score (nSPS) is 16.0. The molecule has 2 rings (SSSR count). The van der Waals surface area contributed by atoms with Gasteiger partial charge in [-0.3, -0.25) is 14.8 Å². The van der Waals surface area contributed by atoms with Crippen LogP contribution in [-0.2, 0) is 16.4 Å². The third kappa shape index (κ3) is 4.94. The lowest BCUT2D eigenvalue weighted by atomic mass is 10.1. The third-order valence-corrected chi connectivity index (χ3v) is 2.70. The summed E-state index contributed by atoms with van der Waals surface area (Å²) >= 11 is 0. The van der Waals surface area contributed by atoms with Gasteiger partial charge in [-0.15, -0.1) is 0 Å². The monoisotopic (exact) mass is 220 g/mol. The van der Waals surface area contributed by atoms with Crippen LogP contribution in [0.1, 0.15) is 24.8 Å². The van der Waals surface area contributed by atoms with E-state index in [1.54, 1.807) is 0 Å². The molecule has 1 aliphatic rings. The average Bonchev–Trinajstić information content (AvgIpc) is 2.33. The molecule has 1 aromatic carbocycles. The Bertz CT molecular complexity index is 281. The molecule has 0 N–H and O–H groups in total. The largest absolute Gasteiger partial charge is 0.344 e. The minimum Gasteiger partial charge on any atom is -0.299 e. The van der Waals surface area contributed by atoms with E-state index in [0.29, 0.717) is 0 Å². The average molecular weight is 220 g/mol. The highest BCUT2D eigenvalue weighted by Gasteiger charge is 2.09.